The third-order valence-electron chi connectivity index (χ3n) is 2.86. The number of carbonyl (C=O) groups excluding carboxylic acids is 2. The Kier molecular flexibility index (Phi) is 7.86. The minimum atomic E-state index is -0.538. The van der Waals surface area contributed by atoms with Crippen LogP contribution in [0.15, 0.2) is 24.3 Å². The van der Waals surface area contributed by atoms with Crippen LogP contribution in [0.1, 0.15) is 36.5 Å². The summed E-state index contributed by atoms with van der Waals surface area (Å²) < 4.78 is 13.3. The molecular formula is C15H22FN3O2. The van der Waals surface area contributed by atoms with Crippen molar-refractivity contribution < 1.29 is 14.0 Å². The van der Waals surface area contributed by atoms with Crippen LogP contribution in [-0.2, 0) is 0 Å². The third kappa shape index (κ3) is 6.74. The van der Waals surface area contributed by atoms with Crippen LogP contribution in [0.4, 0.5) is 9.18 Å². The van der Waals surface area contributed by atoms with E-state index in [9.17, 15) is 14.0 Å². The second-order valence-electron chi connectivity index (χ2n) is 4.63. The molecule has 6 heteroatoms. The van der Waals surface area contributed by atoms with Gasteiger partial charge in [0.1, 0.15) is 5.82 Å². The minimum Gasteiger partial charge on any atom is -0.352 e. The lowest BCUT2D eigenvalue weighted by Gasteiger charge is -2.08. The van der Waals surface area contributed by atoms with Crippen molar-refractivity contribution in [2.45, 2.75) is 26.2 Å². The molecule has 21 heavy (non-hydrogen) atoms. The number of benzene rings is 1. The van der Waals surface area contributed by atoms with Crippen molar-refractivity contribution in [2.75, 3.05) is 19.6 Å². The van der Waals surface area contributed by atoms with E-state index in [1.165, 1.54) is 18.2 Å². The summed E-state index contributed by atoms with van der Waals surface area (Å²) in [5.74, 6) is -0.982. The molecule has 0 aliphatic heterocycles. The molecule has 0 fully saturated rings. The number of unbranched alkanes of at least 4 members (excludes halogenated alkanes) is 1. The van der Waals surface area contributed by atoms with Crippen molar-refractivity contribution in [3.05, 3.63) is 35.6 Å². The van der Waals surface area contributed by atoms with E-state index in [0.717, 1.165) is 12.8 Å². The van der Waals surface area contributed by atoms with Gasteiger partial charge in [-0.15, -0.1) is 0 Å². The summed E-state index contributed by atoms with van der Waals surface area (Å²) >= 11 is 0. The monoisotopic (exact) mass is 295 g/mol. The number of urea groups is 1. The van der Waals surface area contributed by atoms with Crippen molar-refractivity contribution in [1.29, 1.82) is 0 Å². The summed E-state index contributed by atoms with van der Waals surface area (Å²) in [6.07, 6.45) is 2.57. The second kappa shape index (κ2) is 9.74. The Morgan fingerprint density at radius 2 is 1.62 bits per heavy atom. The smallest absolute Gasteiger partial charge is 0.314 e. The van der Waals surface area contributed by atoms with E-state index in [1.54, 1.807) is 6.07 Å². The van der Waals surface area contributed by atoms with Crippen LogP contribution in [0, 0.1) is 5.82 Å². The van der Waals surface area contributed by atoms with Crippen LogP contribution < -0.4 is 16.0 Å². The number of nitrogens with one attached hydrogen (secondary N) is 3. The largest absolute Gasteiger partial charge is 0.352 e. The van der Waals surface area contributed by atoms with Crippen LogP contribution in [0.2, 0.25) is 0 Å². The first-order valence-corrected chi connectivity index (χ1v) is 7.19. The molecular weight excluding hydrogens is 273 g/mol. The molecule has 0 aromatic heterocycles. The highest BCUT2D eigenvalue weighted by atomic mass is 19.1. The Hall–Kier alpha value is -2.11. The van der Waals surface area contributed by atoms with E-state index >= 15 is 0 Å². The third-order valence-corrected chi connectivity index (χ3v) is 2.86. The Bertz CT molecular complexity index is 466. The van der Waals surface area contributed by atoms with Gasteiger partial charge >= 0.3 is 6.03 Å². The molecule has 0 saturated carbocycles. The first-order valence-electron chi connectivity index (χ1n) is 7.19. The van der Waals surface area contributed by atoms with Gasteiger partial charge in [0.25, 0.3) is 5.91 Å². The molecule has 0 saturated heterocycles. The predicted octanol–water partition coefficient (Wildman–Crippen LogP) is 2.04. The molecule has 1 aromatic rings. The zero-order chi connectivity index (χ0) is 15.5. The first-order chi connectivity index (χ1) is 10.1. The number of hydrogen-bond donors (Lipinski definition) is 3. The topological polar surface area (TPSA) is 70.2 Å². The van der Waals surface area contributed by atoms with Crippen molar-refractivity contribution in [3.8, 4) is 0 Å². The Morgan fingerprint density at radius 3 is 2.29 bits per heavy atom. The Balaban J connectivity index is 2.13. The summed E-state index contributed by atoms with van der Waals surface area (Å²) in [4.78, 5) is 23.0. The molecule has 0 radical (unpaired) electrons. The molecule has 0 spiro atoms. The summed E-state index contributed by atoms with van der Waals surface area (Å²) in [5.41, 5.74) is 0.0303. The van der Waals surface area contributed by atoms with Crippen LogP contribution in [0.5, 0.6) is 0 Å². The molecule has 5 nitrogen and oxygen atoms in total. The van der Waals surface area contributed by atoms with Crippen LogP contribution in [-0.4, -0.2) is 31.6 Å². The van der Waals surface area contributed by atoms with Gasteiger partial charge in [0.2, 0.25) is 0 Å². The van der Waals surface area contributed by atoms with Crippen molar-refractivity contribution in [3.63, 3.8) is 0 Å². The number of rotatable bonds is 8. The van der Waals surface area contributed by atoms with Gasteiger partial charge in [0, 0.05) is 19.6 Å². The lowest BCUT2D eigenvalue weighted by molar-refractivity contribution is 0.0949. The van der Waals surface area contributed by atoms with Gasteiger partial charge in [0.05, 0.1) is 5.56 Å². The van der Waals surface area contributed by atoms with Crippen molar-refractivity contribution >= 4 is 11.9 Å². The van der Waals surface area contributed by atoms with Gasteiger partial charge in [-0.1, -0.05) is 25.5 Å². The van der Waals surface area contributed by atoms with Crippen LogP contribution >= 0.6 is 0 Å². The number of amides is 3. The normalized spacial score (nSPS) is 10.0. The standard InChI is InChI=1S/C15H22FN3O2/c1-2-3-9-18-15(21)19-11-6-10-17-14(20)12-7-4-5-8-13(12)16/h4-5,7-8H,2-3,6,9-11H2,1H3,(H,17,20)(H2,18,19,21). The number of carbonyl (C=O) groups is 2. The molecule has 0 atom stereocenters. The molecule has 116 valence electrons. The van der Waals surface area contributed by atoms with E-state index < -0.39 is 11.7 Å². The fourth-order valence-electron chi connectivity index (χ4n) is 1.67. The van der Waals surface area contributed by atoms with Gasteiger partial charge < -0.3 is 16.0 Å². The summed E-state index contributed by atoms with van der Waals surface area (Å²) in [6.45, 7) is 3.54. The highest BCUT2D eigenvalue weighted by Gasteiger charge is 2.09. The molecule has 0 aliphatic carbocycles. The summed E-state index contributed by atoms with van der Waals surface area (Å²) in [7, 11) is 0. The Labute approximate surface area is 124 Å². The lowest BCUT2D eigenvalue weighted by Crippen LogP contribution is -2.37. The van der Waals surface area contributed by atoms with E-state index in [4.69, 9.17) is 0 Å². The van der Waals surface area contributed by atoms with E-state index in [-0.39, 0.29) is 11.6 Å². The number of hydrogen-bond acceptors (Lipinski definition) is 2. The highest BCUT2D eigenvalue weighted by molar-refractivity contribution is 5.94. The molecule has 0 heterocycles. The van der Waals surface area contributed by atoms with E-state index in [0.29, 0.717) is 26.1 Å². The average Bonchev–Trinajstić information content (AvgIpc) is 2.47. The Morgan fingerprint density at radius 1 is 1.00 bits per heavy atom. The average molecular weight is 295 g/mol. The fraction of sp³-hybridized carbons (Fsp3) is 0.467. The predicted molar refractivity (Wildman–Crippen MR) is 79.7 cm³/mol. The van der Waals surface area contributed by atoms with Crippen LogP contribution in [0.3, 0.4) is 0 Å². The van der Waals surface area contributed by atoms with Gasteiger partial charge in [-0.05, 0) is 25.0 Å². The van der Waals surface area contributed by atoms with Crippen molar-refractivity contribution in [1.82, 2.24) is 16.0 Å². The fourth-order valence-corrected chi connectivity index (χ4v) is 1.67. The SMILES string of the molecule is CCCCNC(=O)NCCCNC(=O)c1ccccc1F. The lowest BCUT2D eigenvalue weighted by atomic mass is 10.2. The summed E-state index contributed by atoms with van der Waals surface area (Å²) in [6, 6.07) is 5.62. The van der Waals surface area contributed by atoms with Crippen LogP contribution in [0.25, 0.3) is 0 Å². The summed E-state index contributed by atoms with van der Waals surface area (Å²) in [5, 5.41) is 8.04. The maximum atomic E-state index is 13.3. The minimum absolute atomic E-state index is 0.0303. The van der Waals surface area contributed by atoms with Crippen molar-refractivity contribution in [2.24, 2.45) is 0 Å². The zero-order valence-corrected chi connectivity index (χ0v) is 12.2. The molecule has 0 bridgehead atoms. The maximum absolute atomic E-state index is 13.3. The quantitative estimate of drug-likeness (QED) is 0.642. The number of halogens is 1. The maximum Gasteiger partial charge on any atom is 0.314 e. The van der Waals surface area contributed by atoms with Gasteiger partial charge in [-0.3, -0.25) is 4.79 Å². The second-order valence-corrected chi connectivity index (χ2v) is 4.63. The van der Waals surface area contributed by atoms with Gasteiger partial charge in [-0.2, -0.15) is 0 Å². The molecule has 3 amide bonds. The van der Waals surface area contributed by atoms with Gasteiger partial charge in [0.15, 0.2) is 0 Å². The molecule has 0 aliphatic rings. The zero-order valence-electron chi connectivity index (χ0n) is 12.2. The molecule has 0 unspecified atom stereocenters. The molecule has 3 N–H and O–H groups in total. The molecule has 1 rings (SSSR count). The first kappa shape index (κ1) is 16.9. The van der Waals surface area contributed by atoms with Gasteiger partial charge in [-0.25, -0.2) is 9.18 Å². The van der Waals surface area contributed by atoms with E-state index in [2.05, 4.69) is 22.9 Å². The highest BCUT2D eigenvalue weighted by Crippen LogP contribution is 2.05. The molecule has 1 aromatic carbocycles. The van der Waals surface area contributed by atoms with E-state index in [1.807, 2.05) is 0 Å².